The summed E-state index contributed by atoms with van der Waals surface area (Å²) in [5.74, 6) is 0.195. The Hall–Kier alpha value is -2.40. The largest absolute Gasteiger partial charge is 0.317 e. The highest BCUT2D eigenvalue weighted by atomic mass is 16.2. The van der Waals surface area contributed by atoms with E-state index in [1.807, 2.05) is 11.0 Å². The molecule has 0 aliphatic carbocycles. The number of piperidine rings is 1. The number of β-lactam (4-membered cyclic amide) rings is 1. The van der Waals surface area contributed by atoms with Gasteiger partial charge in [-0.2, -0.15) is 0 Å². The van der Waals surface area contributed by atoms with E-state index >= 15 is 0 Å². The number of carbonyl (C=O) groups excluding carboxylic acids is 1. The summed E-state index contributed by atoms with van der Waals surface area (Å²) in [5, 5.41) is 0. The number of carbonyl (C=O) groups is 1. The van der Waals surface area contributed by atoms with Crippen LogP contribution in [0.15, 0.2) is 53.5 Å². The van der Waals surface area contributed by atoms with Crippen LogP contribution in [0.1, 0.15) is 31.4 Å². The van der Waals surface area contributed by atoms with Crippen molar-refractivity contribution in [1.29, 1.82) is 0 Å². The van der Waals surface area contributed by atoms with Crippen LogP contribution in [0.2, 0.25) is 0 Å². The number of nitrogens with zero attached hydrogens (tertiary/aromatic N) is 3. The van der Waals surface area contributed by atoms with Crippen LogP contribution in [0, 0.1) is 5.41 Å². The van der Waals surface area contributed by atoms with Crippen LogP contribution in [0.4, 0.5) is 5.69 Å². The predicted octanol–water partition coefficient (Wildman–Crippen LogP) is 2.58. The molecule has 1 aromatic heterocycles. The lowest BCUT2D eigenvalue weighted by Gasteiger charge is -2.54. The fourth-order valence-corrected chi connectivity index (χ4v) is 4.33. The third-order valence-electron chi connectivity index (χ3n) is 5.98. The molecule has 1 spiro atoms. The Morgan fingerprint density at radius 3 is 2.50 bits per heavy atom. The van der Waals surface area contributed by atoms with Gasteiger partial charge < -0.3 is 9.47 Å². The summed E-state index contributed by atoms with van der Waals surface area (Å²) in [7, 11) is 1.72. The van der Waals surface area contributed by atoms with Gasteiger partial charge in [0.1, 0.15) is 0 Å². The Labute approximate surface area is 153 Å². The molecule has 2 aliphatic rings. The minimum atomic E-state index is -0.268. The molecule has 0 saturated carbocycles. The smallest absolute Gasteiger partial charge is 0.250 e. The molecule has 1 amide bonds. The van der Waals surface area contributed by atoms with Gasteiger partial charge in [-0.15, -0.1) is 0 Å². The number of benzene rings is 1. The Morgan fingerprint density at radius 1 is 1.04 bits per heavy atom. The first-order valence-electron chi connectivity index (χ1n) is 9.28. The van der Waals surface area contributed by atoms with Crippen molar-refractivity contribution in [3.63, 3.8) is 0 Å². The highest BCUT2D eigenvalue weighted by Gasteiger charge is 2.54. The molecule has 0 N–H and O–H groups in total. The molecule has 2 unspecified atom stereocenters. The van der Waals surface area contributed by atoms with Gasteiger partial charge in [0.2, 0.25) is 11.5 Å². The maximum atomic E-state index is 13.1. The molecule has 26 heavy (non-hydrogen) atoms. The lowest BCUT2D eigenvalue weighted by atomic mass is 9.71. The van der Waals surface area contributed by atoms with Crippen molar-refractivity contribution < 1.29 is 4.79 Å². The van der Waals surface area contributed by atoms with Crippen LogP contribution in [0.5, 0.6) is 0 Å². The predicted molar refractivity (Wildman–Crippen MR) is 102 cm³/mol. The number of likely N-dealkylation sites (tertiary alicyclic amines) is 1. The van der Waals surface area contributed by atoms with Gasteiger partial charge in [-0.25, -0.2) is 0 Å². The zero-order valence-electron chi connectivity index (χ0n) is 15.4. The highest BCUT2D eigenvalue weighted by Crippen LogP contribution is 2.44. The Balaban J connectivity index is 1.50. The van der Waals surface area contributed by atoms with Crippen LogP contribution in [-0.2, 0) is 11.8 Å². The van der Waals surface area contributed by atoms with Crippen LogP contribution < -0.4 is 10.5 Å². The fraction of sp³-hybridized carbons (Fsp3) is 0.429. The normalized spacial score (nSPS) is 24.5. The van der Waals surface area contributed by atoms with E-state index in [-0.39, 0.29) is 16.9 Å². The molecule has 3 heterocycles. The van der Waals surface area contributed by atoms with E-state index in [0.29, 0.717) is 6.04 Å². The van der Waals surface area contributed by atoms with Gasteiger partial charge in [-0.3, -0.25) is 14.5 Å². The van der Waals surface area contributed by atoms with E-state index in [1.54, 1.807) is 19.3 Å². The van der Waals surface area contributed by atoms with Crippen molar-refractivity contribution in [2.45, 2.75) is 25.8 Å². The first kappa shape index (κ1) is 17.0. The van der Waals surface area contributed by atoms with Crippen molar-refractivity contribution in [1.82, 2.24) is 9.47 Å². The Morgan fingerprint density at radius 2 is 1.81 bits per heavy atom. The molecule has 0 radical (unpaired) electrons. The number of hydrogen-bond acceptors (Lipinski definition) is 3. The quantitative estimate of drug-likeness (QED) is 0.799. The van der Waals surface area contributed by atoms with Gasteiger partial charge in [0.05, 0.1) is 11.1 Å². The van der Waals surface area contributed by atoms with Crippen LogP contribution in [0.25, 0.3) is 0 Å². The number of anilines is 1. The topological polar surface area (TPSA) is 45.5 Å². The molecular formula is C21H25N3O2. The third-order valence-corrected chi connectivity index (χ3v) is 5.98. The third kappa shape index (κ3) is 2.76. The second kappa shape index (κ2) is 6.40. The molecule has 0 bridgehead atoms. The molecule has 2 aliphatic heterocycles. The van der Waals surface area contributed by atoms with E-state index in [4.69, 9.17) is 0 Å². The van der Waals surface area contributed by atoms with Crippen LogP contribution >= 0.6 is 0 Å². The van der Waals surface area contributed by atoms with Gasteiger partial charge in [0.15, 0.2) is 0 Å². The molecule has 2 aromatic rings. The molecule has 136 valence electrons. The number of pyridine rings is 1. The monoisotopic (exact) mass is 351 g/mol. The molecule has 2 atom stereocenters. The number of aromatic nitrogens is 1. The molecule has 5 nitrogen and oxygen atoms in total. The van der Waals surface area contributed by atoms with Gasteiger partial charge in [0.25, 0.3) is 0 Å². The standard InChI is InChI=1S/C21H25N3O2/c1-16(17-7-4-3-5-8-17)23-12-6-11-21(14-23)15-24(20(21)26)18-9-10-19(25)22(2)13-18/h3-5,7-10,13,16H,6,11-12,14-15H2,1-2H3. The molecule has 2 fully saturated rings. The first-order valence-corrected chi connectivity index (χ1v) is 9.28. The maximum absolute atomic E-state index is 13.1. The van der Waals surface area contributed by atoms with Crippen molar-refractivity contribution >= 4 is 11.6 Å². The summed E-state index contributed by atoms with van der Waals surface area (Å²) in [6.45, 7) is 4.80. The van der Waals surface area contributed by atoms with E-state index in [2.05, 4.69) is 36.1 Å². The van der Waals surface area contributed by atoms with E-state index < -0.39 is 0 Å². The maximum Gasteiger partial charge on any atom is 0.250 e. The van der Waals surface area contributed by atoms with Crippen molar-refractivity contribution in [2.24, 2.45) is 12.5 Å². The van der Waals surface area contributed by atoms with E-state index in [1.165, 1.54) is 16.2 Å². The minimum absolute atomic E-state index is 0.0584. The summed E-state index contributed by atoms with van der Waals surface area (Å²) in [4.78, 5) is 28.9. The Bertz CT molecular complexity index is 876. The number of aryl methyl sites for hydroxylation is 1. The number of amides is 1. The first-order chi connectivity index (χ1) is 12.5. The van der Waals surface area contributed by atoms with E-state index in [0.717, 1.165) is 38.2 Å². The molecule has 1 aromatic carbocycles. The van der Waals surface area contributed by atoms with Crippen LogP contribution in [0.3, 0.4) is 0 Å². The average molecular weight is 351 g/mol. The molecular weight excluding hydrogens is 326 g/mol. The second-order valence-corrected chi connectivity index (χ2v) is 7.67. The van der Waals surface area contributed by atoms with Gasteiger partial charge in [0, 0.05) is 38.4 Å². The van der Waals surface area contributed by atoms with Gasteiger partial charge in [-0.1, -0.05) is 30.3 Å². The summed E-state index contributed by atoms with van der Waals surface area (Å²) in [5.41, 5.74) is 1.79. The van der Waals surface area contributed by atoms with Gasteiger partial charge >= 0.3 is 0 Å². The fourth-order valence-electron chi connectivity index (χ4n) is 4.33. The zero-order valence-corrected chi connectivity index (χ0v) is 15.4. The van der Waals surface area contributed by atoms with E-state index in [9.17, 15) is 9.59 Å². The van der Waals surface area contributed by atoms with Gasteiger partial charge in [-0.05, 0) is 37.9 Å². The zero-order chi connectivity index (χ0) is 18.3. The van der Waals surface area contributed by atoms with Crippen molar-refractivity contribution in [3.8, 4) is 0 Å². The SMILES string of the molecule is CC(c1ccccc1)N1CCCC2(CN(c3ccc(=O)n(C)c3)C2=O)C1. The lowest BCUT2D eigenvalue weighted by Crippen LogP contribution is -2.67. The van der Waals surface area contributed by atoms with Crippen molar-refractivity contribution in [2.75, 3.05) is 24.5 Å². The van der Waals surface area contributed by atoms with Crippen LogP contribution in [-0.4, -0.2) is 35.0 Å². The molecule has 2 saturated heterocycles. The molecule has 4 rings (SSSR count). The number of rotatable bonds is 3. The summed E-state index contributed by atoms with van der Waals surface area (Å²) < 4.78 is 1.53. The number of hydrogen-bond donors (Lipinski definition) is 0. The van der Waals surface area contributed by atoms with Crippen molar-refractivity contribution in [3.05, 3.63) is 64.6 Å². The highest BCUT2D eigenvalue weighted by molar-refractivity contribution is 6.04. The summed E-state index contributed by atoms with van der Waals surface area (Å²) >= 11 is 0. The summed E-state index contributed by atoms with van der Waals surface area (Å²) in [6.07, 6.45) is 3.75. The summed E-state index contributed by atoms with van der Waals surface area (Å²) in [6, 6.07) is 14.1. The Kier molecular flexibility index (Phi) is 4.19. The minimum Gasteiger partial charge on any atom is -0.317 e. The second-order valence-electron chi connectivity index (χ2n) is 7.67. The molecule has 5 heteroatoms. The average Bonchev–Trinajstić information content (AvgIpc) is 2.68. The lowest BCUT2D eigenvalue weighted by molar-refractivity contribution is -0.140.